The number of aryl methyl sites for hydroxylation is 1. The Balaban J connectivity index is 2.07. The fourth-order valence-corrected chi connectivity index (χ4v) is 1.95. The van der Waals surface area contributed by atoms with Crippen LogP contribution in [-0.4, -0.2) is 33.9 Å². The smallest absolute Gasteiger partial charge is 0.350 e. The van der Waals surface area contributed by atoms with Crippen molar-refractivity contribution in [3.63, 3.8) is 0 Å². The second-order valence-corrected chi connectivity index (χ2v) is 5.03. The van der Waals surface area contributed by atoms with Gasteiger partial charge in [-0.3, -0.25) is 14.9 Å². The topological polar surface area (TPSA) is 112 Å². The molecule has 0 bridgehead atoms. The lowest BCUT2D eigenvalue weighted by atomic mass is 10.1. The third kappa shape index (κ3) is 3.75. The number of ether oxygens (including phenoxy) is 1. The summed E-state index contributed by atoms with van der Waals surface area (Å²) in [5, 5.41) is 18.7. The molecule has 0 saturated heterocycles. The number of benzene rings is 1. The number of methoxy groups -OCH3 is 1. The van der Waals surface area contributed by atoms with Gasteiger partial charge in [0, 0.05) is 0 Å². The zero-order chi connectivity index (χ0) is 17.7. The Bertz CT molecular complexity index is 784. The molecule has 0 fully saturated rings. The van der Waals surface area contributed by atoms with Gasteiger partial charge in [-0.1, -0.05) is 24.3 Å². The summed E-state index contributed by atoms with van der Waals surface area (Å²) in [6.07, 6.45) is 2.68. The SMILES string of the molecule is COc1nn(C(C)C(=O)NN=Cc2ccccc2C)cc1[N+](=O)[O-]. The van der Waals surface area contributed by atoms with Crippen molar-refractivity contribution in [3.8, 4) is 5.88 Å². The minimum absolute atomic E-state index is 0.150. The standard InChI is InChI=1S/C15H17N5O4/c1-10-6-4-5-7-12(10)8-16-17-14(21)11(2)19-9-13(20(22)23)15(18-19)24-3/h4-9,11H,1-3H3,(H,17,21). The molecule has 0 spiro atoms. The third-order valence-electron chi connectivity index (χ3n) is 3.41. The molecule has 1 aromatic carbocycles. The van der Waals surface area contributed by atoms with E-state index in [2.05, 4.69) is 15.6 Å². The van der Waals surface area contributed by atoms with Crippen LogP contribution in [0, 0.1) is 17.0 Å². The molecule has 1 amide bonds. The normalized spacial score (nSPS) is 12.1. The van der Waals surface area contributed by atoms with Crippen LogP contribution in [0.3, 0.4) is 0 Å². The van der Waals surface area contributed by atoms with Crippen LogP contribution in [0.2, 0.25) is 0 Å². The van der Waals surface area contributed by atoms with Crippen LogP contribution in [0.25, 0.3) is 0 Å². The molecule has 0 saturated carbocycles. The lowest BCUT2D eigenvalue weighted by Gasteiger charge is -2.09. The Hall–Kier alpha value is -3.23. The van der Waals surface area contributed by atoms with Gasteiger partial charge >= 0.3 is 11.6 Å². The highest BCUT2D eigenvalue weighted by Crippen LogP contribution is 2.25. The molecule has 1 N–H and O–H groups in total. The Morgan fingerprint density at radius 1 is 1.50 bits per heavy atom. The minimum Gasteiger partial charge on any atom is -0.475 e. The van der Waals surface area contributed by atoms with Gasteiger partial charge in [0.25, 0.3) is 5.91 Å². The number of amides is 1. The summed E-state index contributed by atoms with van der Waals surface area (Å²) in [6, 6.07) is 6.79. The molecule has 2 rings (SSSR count). The number of hydrazone groups is 1. The number of nitro groups is 1. The van der Waals surface area contributed by atoms with Gasteiger partial charge in [0.2, 0.25) is 0 Å². The Labute approximate surface area is 138 Å². The molecule has 1 heterocycles. The van der Waals surface area contributed by atoms with Crippen LogP contribution in [0.5, 0.6) is 5.88 Å². The van der Waals surface area contributed by atoms with Crippen LogP contribution in [0.15, 0.2) is 35.6 Å². The summed E-state index contributed by atoms with van der Waals surface area (Å²) in [4.78, 5) is 22.4. The summed E-state index contributed by atoms with van der Waals surface area (Å²) >= 11 is 0. The van der Waals surface area contributed by atoms with Gasteiger partial charge in [-0.25, -0.2) is 10.1 Å². The number of hydrogen-bond donors (Lipinski definition) is 1. The van der Waals surface area contributed by atoms with Crippen molar-refractivity contribution < 1.29 is 14.5 Å². The minimum atomic E-state index is -0.790. The van der Waals surface area contributed by atoms with E-state index >= 15 is 0 Å². The predicted molar refractivity (Wildman–Crippen MR) is 87.1 cm³/mol. The van der Waals surface area contributed by atoms with Crippen molar-refractivity contribution in [1.82, 2.24) is 15.2 Å². The van der Waals surface area contributed by atoms with Crippen molar-refractivity contribution >= 4 is 17.8 Å². The molecule has 24 heavy (non-hydrogen) atoms. The van der Waals surface area contributed by atoms with E-state index in [0.29, 0.717) is 0 Å². The van der Waals surface area contributed by atoms with Crippen LogP contribution in [-0.2, 0) is 4.79 Å². The number of nitrogens with one attached hydrogen (secondary N) is 1. The first-order valence-electron chi connectivity index (χ1n) is 7.10. The Morgan fingerprint density at radius 2 is 2.21 bits per heavy atom. The molecule has 0 aliphatic heterocycles. The second kappa shape index (κ2) is 7.36. The van der Waals surface area contributed by atoms with Gasteiger partial charge in [-0.15, -0.1) is 5.10 Å². The molecule has 2 aromatic rings. The number of hydrogen-bond acceptors (Lipinski definition) is 6. The highest BCUT2D eigenvalue weighted by molar-refractivity contribution is 5.84. The van der Waals surface area contributed by atoms with E-state index < -0.39 is 16.9 Å². The predicted octanol–water partition coefficient (Wildman–Crippen LogP) is 1.82. The van der Waals surface area contributed by atoms with Gasteiger partial charge in [-0.2, -0.15) is 5.10 Å². The Kier molecular flexibility index (Phi) is 5.25. The van der Waals surface area contributed by atoms with Crippen LogP contribution in [0.1, 0.15) is 24.1 Å². The maximum atomic E-state index is 12.1. The lowest BCUT2D eigenvalue weighted by molar-refractivity contribution is -0.385. The van der Waals surface area contributed by atoms with E-state index in [1.54, 1.807) is 6.92 Å². The molecule has 0 aliphatic carbocycles. The zero-order valence-corrected chi connectivity index (χ0v) is 13.5. The van der Waals surface area contributed by atoms with Gasteiger partial charge in [0.05, 0.1) is 18.2 Å². The molecule has 1 aromatic heterocycles. The van der Waals surface area contributed by atoms with Crippen molar-refractivity contribution in [2.75, 3.05) is 7.11 Å². The van der Waals surface area contributed by atoms with Gasteiger partial charge < -0.3 is 4.74 Å². The van der Waals surface area contributed by atoms with E-state index in [-0.39, 0.29) is 11.6 Å². The summed E-state index contributed by atoms with van der Waals surface area (Å²) in [5.74, 6) is -0.608. The molecular weight excluding hydrogens is 314 g/mol. The molecule has 1 atom stereocenters. The third-order valence-corrected chi connectivity index (χ3v) is 3.41. The molecule has 0 radical (unpaired) electrons. The number of nitrogens with zero attached hydrogens (tertiary/aromatic N) is 4. The first-order chi connectivity index (χ1) is 11.4. The molecule has 9 nitrogen and oxygen atoms in total. The van der Waals surface area contributed by atoms with Crippen LogP contribution < -0.4 is 10.2 Å². The summed E-state index contributed by atoms with van der Waals surface area (Å²) in [7, 11) is 1.27. The molecule has 126 valence electrons. The van der Waals surface area contributed by atoms with Gasteiger partial charge in [-0.05, 0) is 25.0 Å². The summed E-state index contributed by atoms with van der Waals surface area (Å²) in [6.45, 7) is 3.48. The maximum Gasteiger partial charge on any atom is 0.350 e. The zero-order valence-electron chi connectivity index (χ0n) is 13.5. The molecule has 1 unspecified atom stereocenters. The van der Waals surface area contributed by atoms with Crippen LogP contribution >= 0.6 is 0 Å². The fourth-order valence-electron chi connectivity index (χ4n) is 1.95. The van der Waals surface area contributed by atoms with Crippen LogP contribution in [0.4, 0.5) is 5.69 Å². The fraction of sp³-hybridized carbons (Fsp3) is 0.267. The average molecular weight is 331 g/mol. The Morgan fingerprint density at radius 3 is 2.79 bits per heavy atom. The second-order valence-electron chi connectivity index (χ2n) is 5.03. The number of aromatic nitrogens is 2. The lowest BCUT2D eigenvalue weighted by Crippen LogP contribution is -2.27. The van der Waals surface area contributed by atoms with Crippen molar-refractivity contribution in [2.24, 2.45) is 5.10 Å². The van der Waals surface area contributed by atoms with Crippen molar-refractivity contribution in [3.05, 3.63) is 51.7 Å². The highest BCUT2D eigenvalue weighted by Gasteiger charge is 2.25. The quantitative estimate of drug-likeness (QED) is 0.493. The largest absolute Gasteiger partial charge is 0.475 e. The maximum absolute atomic E-state index is 12.1. The van der Waals surface area contributed by atoms with E-state index in [9.17, 15) is 14.9 Å². The first-order valence-corrected chi connectivity index (χ1v) is 7.10. The van der Waals surface area contributed by atoms with Gasteiger partial charge in [0.1, 0.15) is 12.2 Å². The molecular formula is C15H17N5O4. The first kappa shape index (κ1) is 17.1. The summed E-state index contributed by atoms with van der Waals surface area (Å²) < 4.78 is 6.00. The average Bonchev–Trinajstić information content (AvgIpc) is 3.00. The van der Waals surface area contributed by atoms with E-state index in [1.165, 1.54) is 13.3 Å². The number of rotatable bonds is 6. The number of carbonyl (C=O) groups is 1. The molecule has 9 heteroatoms. The monoisotopic (exact) mass is 331 g/mol. The summed E-state index contributed by atoms with van der Waals surface area (Å²) in [5.41, 5.74) is 3.99. The van der Waals surface area contributed by atoms with Crippen molar-refractivity contribution in [1.29, 1.82) is 0 Å². The van der Waals surface area contributed by atoms with E-state index in [1.807, 2.05) is 31.2 Å². The van der Waals surface area contributed by atoms with E-state index in [4.69, 9.17) is 4.74 Å². The van der Waals surface area contributed by atoms with Crippen molar-refractivity contribution in [2.45, 2.75) is 19.9 Å². The molecule has 0 aliphatic rings. The van der Waals surface area contributed by atoms with E-state index in [0.717, 1.165) is 22.0 Å². The number of carbonyl (C=O) groups excluding carboxylic acids is 1. The highest BCUT2D eigenvalue weighted by atomic mass is 16.6. The van der Waals surface area contributed by atoms with Gasteiger partial charge in [0.15, 0.2) is 0 Å².